The van der Waals surface area contributed by atoms with Crippen LogP contribution in [0.1, 0.15) is 24.8 Å². The Hall–Kier alpha value is -2.26. The first-order chi connectivity index (χ1) is 12.4. The van der Waals surface area contributed by atoms with Gasteiger partial charge in [-0.15, -0.1) is 10.2 Å². The first-order valence-electron chi connectivity index (χ1n) is 8.02. The predicted octanol–water partition coefficient (Wildman–Crippen LogP) is 3.02. The SMILES string of the molecule is CCN1C(=O)N(Cc2nnc(-c3ccc(Cl)c(O)c3F)s2)C2(CC2)C1=O. The average Bonchev–Trinajstić information content (AvgIpc) is 3.25. The Bertz CT molecular complexity index is 930. The highest BCUT2D eigenvalue weighted by Crippen LogP contribution is 2.48. The van der Waals surface area contributed by atoms with E-state index >= 15 is 0 Å². The lowest BCUT2D eigenvalue weighted by Gasteiger charge is -2.19. The number of amides is 3. The second kappa shape index (κ2) is 5.88. The maximum absolute atomic E-state index is 14.2. The van der Waals surface area contributed by atoms with Gasteiger partial charge in [0.1, 0.15) is 10.5 Å². The Labute approximate surface area is 157 Å². The quantitative estimate of drug-likeness (QED) is 0.803. The van der Waals surface area contributed by atoms with E-state index in [4.69, 9.17) is 11.6 Å². The van der Waals surface area contributed by atoms with E-state index in [1.807, 2.05) is 0 Å². The second-order valence-corrected chi connectivity index (χ2v) is 7.68. The van der Waals surface area contributed by atoms with Gasteiger partial charge in [0.2, 0.25) is 0 Å². The number of hydrogen-bond acceptors (Lipinski definition) is 6. The molecule has 1 aromatic heterocycles. The van der Waals surface area contributed by atoms with Crippen LogP contribution in [0.15, 0.2) is 12.1 Å². The van der Waals surface area contributed by atoms with Crippen LogP contribution in [0.4, 0.5) is 9.18 Å². The minimum atomic E-state index is -0.872. The highest BCUT2D eigenvalue weighted by Gasteiger charge is 2.64. The minimum Gasteiger partial charge on any atom is -0.504 e. The smallest absolute Gasteiger partial charge is 0.328 e. The summed E-state index contributed by atoms with van der Waals surface area (Å²) < 4.78 is 14.2. The first-order valence-corrected chi connectivity index (χ1v) is 9.22. The first kappa shape index (κ1) is 17.2. The summed E-state index contributed by atoms with van der Waals surface area (Å²) >= 11 is 6.79. The van der Waals surface area contributed by atoms with Crippen LogP contribution in [0.5, 0.6) is 5.75 Å². The number of phenols is 1. The van der Waals surface area contributed by atoms with Gasteiger partial charge in [-0.25, -0.2) is 9.18 Å². The summed E-state index contributed by atoms with van der Waals surface area (Å²) in [4.78, 5) is 27.7. The molecular formula is C16H14ClFN4O3S. The van der Waals surface area contributed by atoms with E-state index in [9.17, 15) is 19.1 Å². The summed E-state index contributed by atoms with van der Waals surface area (Å²) in [5.41, 5.74) is -0.668. The molecule has 1 saturated carbocycles. The topological polar surface area (TPSA) is 86.6 Å². The molecule has 1 aliphatic carbocycles. The predicted molar refractivity (Wildman–Crippen MR) is 92.3 cm³/mol. The Morgan fingerprint density at radius 2 is 2.08 bits per heavy atom. The third-order valence-electron chi connectivity index (χ3n) is 4.72. The summed E-state index contributed by atoms with van der Waals surface area (Å²) in [6, 6.07) is 2.45. The maximum atomic E-state index is 14.2. The summed E-state index contributed by atoms with van der Waals surface area (Å²) in [7, 11) is 0. The summed E-state index contributed by atoms with van der Waals surface area (Å²) in [6.07, 6.45) is 1.28. The number of hydrogen-bond donors (Lipinski definition) is 1. The van der Waals surface area contributed by atoms with Crippen molar-refractivity contribution in [3.8, 4) is 16.3 Å². The van der Waals surface area contributed by atoms with Crippen LogP contribution in [0.2, 0.25) is 5.02 Å². The van der Waals surface area contributed by atoms with E-state index in [2.05, 4.69) is 10.2 Å². The minimum absolute atomic E-state index is 0.0794. The molecule has 3 amide bonds. The highest BCUT2D eigenvalue weighted by molar-refractivity contribution is 7.14. The van der Waals surface area contributed by atoms with Gasteiger partial charge in [-0.3, -0.25) is 9.69 Å². The third kappa shape index (κ3) is 2.38. The number of rotatable bonds is 4. The van der Waals surface area contributed by atoms with Gasteiger partial charge in [0.05, 0.1) is 17.1 Å². The third-order valence-corrected chi connectivity index (χ3v) is 5.97. The van der Waals surface area contributed by atoms with Crippen molar-refractivity contribution in [2.75, 3.05) is 6.54 Å². The van der Waals surface area contributed by atoms with E-state index in [1.54, 1.807) is 6.92 Å². The molecule has 4 rings (SSSR count). The zero-order valence-corrected chi connectivity index (χ0v) is 15.3. The molecule has 1 spiro atoms. The summed E-state index contributed by atoms with van der Waals surface area (Å²) in [6.45, 7) is 2.22. The molecule has 7 nitrogen and oxygen atoms in total. The molecule has 10 heteroatoms. The van der Waals surface area contributed by atoms with Gasteiger partial charge < -0.3 is 10.0 Å². The van der Waals surface area contributed by atoms with Gasteiger partial charge in [-0.1, -0.05) is 22.9 Å². The van der Waals surface area contributed by atoms with Crippen LogP contribution < -0.4 is 0 Å². The molecular weight excluding hydrogens is 383 g/mol. The molecule has 2 fully saturated rings. The van der Waals surface area contributed by atoms with Crippen LogP contribution in [0.3, 0.4) is 0 Å². The standard InChI is InChI=1S/C16H14ClFN4O3S/c1-2-21-14(24)16(5-6-16)22(15(21)25)7-10-19-20-13(26-10)8-3-4-9(17)12(23)11(8)18/h3-4,23H,2,5-7H2,1H3. The summed E-state index contributed by atoms with van der Waals surface area (Å²) in [5.74, 6) is -1.68. The number of imide groups is 1. The Morgan fingerprint density at radius 3 is 2.73 bits per heavy atom. The number of likely N-dealkylation sites (N-methyl/N-ethyl adjacent to an activating group) is 1. The molecule has 0 radical (unpaired) electrons. The average molecular weight is 397 g/mol. The maximum Gasteiger partial charge on any atom is 0.328 e. The lowest BCUT2D eigenvalue weighted by molar-refractivity contribution is -0.129. The molecule has 1 saturated heterocycles. The molecule has 0 bridgehead atoms. The number of carbonyl (C=O) groups is 2. The molecule has 1 N–H and O–H groups in total. The number of nitrogens with zero attached hydrogens (tertiary/aromatic N) is 4. The van der Waals surface area contributed by atoms with Crippen LogP contribution in [-0.4, -0.2) is 49.1 Å². The van der Waals surface area contributed by atoms with Crippen molar-refractivity contribution in [1.29, 1.82) is 0 Å². The van der Waals surface area contributed by atoms with Gasteiger partial charge in [0.25, 0.3) is 5.91 Å². The van der Waals surface area contributed by atoms with E-state index in [0.29, 0.717) is 24.4 Å². The Balaban J connectivity index is 1.61. The lowest BCUT2D eigenvalue weighted by atomic mass is 10.2. The molecule has 2 aromatic rings. The summed E-state index contributed by atoms with van der Waals surface area (Å²) in [5, 5.41) is 18.3. The largest absolute Gasteiger partial charge is 0.504 e. The Morgan fingerprint density at radius 1 is 1.35 bits per heavy atom. The fourth-order valence-electron chi connectivity index (χ4n) is 3.15. The highest BCUT2D eigenvalue weighted by atomic mass is 35.5. The normalized spacial score (nSPS) is 18.3. The van der Waals surface area contributed by atoms with Gasteiger partial charge in [0.15, 0.2) is 16.6 Å². The van der Waals surface area contributed by atoms with Crippen LogP contribution in [0.25, 0.3) is 10.6 Å². The van der Waals surface area contributed by atoms with E-state index in [1.165, 1.54) is 21.9 Å². The number of urea groups is 1. The van der Waals surface area contributed by atoms with Crippen LogP contribution >= 0.6 is 22.9 Å². The Kier molecular flexibility index (Phi) is 3.89. The second-order valence-electron chi connectivity index (χ2n) is 6.21. The zero-order valence-electron chi connectivity index (χ0n) is 13.7. The van der Waals surface area contributed by atoms with Crippen LogP contribution in [0, 0.1) is 5.82 Å². The number of aromatic nitrogens is 2. The lowest BCUT2D eigenvalue weighted by Crippen LogP contribution is -2.36. The van der Waals surface area contributed by atoms with Crippen molar-refractivity contribution in [1.82, 2.24) is 20.0 Å². The van der Waals surface area contributed by atoms with E-state index in [-0.39, 0.29) is 34.1 Å². The molecule has 0 unspecified atom stereocenters. The van der Waals surface area contributed by atoms with Crippen molar-refractivity contribution in [3.05, 3.63) is 28.0 Å². The van der Waals surface area contributed by atoms with Gasteiger partial charge in [-0.05, 0) is 31.9 Å². The molecule has 2 heterocycles. The number of aromatic hydroxyl groups is 1. The molecule has 26 heavy (non-hydrogen) atoms. The molecule has 0 atom stereocenters. The number of carbonyl (C=O) groups excluding carboxylic acids is 2. The van der Waals surface area contributed by atoms with Crippen molar-refractivity contribution in [3.63, 3.8) is 0 Å². The molecule has 2 aliphatic rings. The van der Waals surface area contributed by atoms with Crippen molar-refractivity contribution in [2.45, 2.75) is 31.8 Å². The van der Waals surface area contributed by atoms with Crippen molar-refractivity contribution < 1.29 is 19.1 Å². The molecule has 136 valence electrons. The fourth-order valence-corrected chi connectivity index (χ4v) is 4.14. The van der Waals surface area contributed by atoms with E-state index in [0.717, 1.165) is 11.3 Å². The zero-order chi connectivity index (χ0) is 18.6. The number of benzene rings is 1. The number of halogens is 2. The monoisotopic (exact) mass is 396 g/mol. The van der Waals surface area contributed by atoms with E-state index < -0.39 is 17.1 Å². The van der Waals surface area contributed by atoms with Gasteiger partial charge in [0, 0.05) is 6.54 Å². The fraction of sp³-hybridized carbons (Fsp3) is 0.375. The van der Waals surface area contributed by atoms with Crippen molar-refractivity contribution >= 4 is 34.9 Å². The van der Waals surface area contributed by atoms with Gasteiger partial charge in [-0.2, -0.15) is 0 Å². The number of phenolic OH excluding ortho intramolecular Hbond substituents is 1. The van der Waals surface area contributed by atoms with Crippen LogP contribution in [-0.2, 0) is 11.3 Å². The molecule has 1 aromatic carbocycles. The molecule has 1 aliphatic heterocycles. The van der Waals surface area contributed by atoms with Crippen molar-refractivity contribution in [2.24, 2.45) is 0 Å². The van der Waals surface area contributed by atoms with Gasteiger partial charge >= 0.3 is 6.03 Å².